The minimum absolute atomic E-state index is 0.149. The lowest BCUT2D eigenvalue weighted by molar-refractivity contribution is -0.138. The van der Waals surface area contributed by atoms with Gasteiger partial charge in [0.2, 0.25) is 0 Å². The molecule has 0 aliphatic carbocycles. The zero-order chi connectivity index (χ0) is 13.1. The van der Waals surface area contributed by atoms with Crippen molar-refractivity contribution >= 4 is 5.97 Å². The standard InChI is InChI=1S/C14H21NO2/c1-14(2,3)11-7-4-10(5-8-11)6-9-12(15)13(16)17/h4-5,7-8,12H,6,9,15H2,1-3H3,(H,16,17). The number of hydrogen-bond donors (Lipinski definition) is 2. The molecule has 0 saturated carbocycles. The van der Waals surface area contributed by atoms with E-state index in [0.717, 1.165) is 5.56 Å². The molecule has 0 aliphatic heterocycles. The van der Waals surface area contributed by atoms with Gasteiger partial charge in [0, 0.05) is 0 Å². The molecule has 0 amide bonds. The normalized spacial score (nSPS) is 13.4. The first-order valence-electron chi connectivity index (χ1n) is 5.88. The van der Waals surface area contributed by atoms with E-state index in [2.05, 4.69) is 45.0 Å². The molecule has 0 aliphatic rings. The van der Waals surface area contributed by atoms with E-state index in [4.69, 9.17) is 10.8 Å². The minimum atomic E-state index is -0.934. The fraction of sp³-hybridized carbons (Fsp3) is 0.500. The van der Waals surface area contributed by atoms with Crippen molar-refractivity contribution in [3.8, 4) is 0 Å². The number of nitrogens with two attached hydrogens (primary N) is 1. The molecule has 0 aromatic heterocycles. The average molecular weight is 235 g/mol. The monoisotopic (exact) mass is 235 g/mol. The number of carbonyl (C=O) groups is 1. The van der Waals surface area contributed by atoms with Crippen molar-refractivity contribution in [2.24, 2.45) is 5.73 Å². The summed E-state index contributed by atoms with van der Waals surface area (Å²) in [4.78, 5) is 10.6. The third kappa shape index (κ3) is 4.19. The van der Waals surface area contributed by atoms with Crippen molar-refractivity contribution < 1.29 is 9.90 Å². The van der Waals surface area contributed by atoms with Crippen molar-refractivity contribution in [3.05, 3.63) is 35.4 Å². The quantitative estimate of drug-likeness (QED) is 0.842. The van der Waals surface area contributed by atoms with Crippen LogP contribution in [0.4, 0.5) is 0 Å². The smallest absolute Gasteiger partial charge is 0.320 e. The lowest BCUT2D eigenvalue weighted by atomic mass is 9.86. The van der Waals surface area contributed by atoms with E-state index < -0.39 is 12.0 Å². The van der Waals surface area contributed by atoms with Crippen LogP contribution in [0.5, 0.6) is 0 Å². The van der Waals surface area contributed by atoms with E-state index in [1.807, 2.05) is 0 Å². The van der Waals surface area contributed by atoms with Crippen LogP contribution in [0.1, 0.15) is 38.3 Å². The molecule has 17 heavy (non-hydrogen) atoms. The second-order valence-corrected chi connectivity index (χ2v) is 5.43. The van der Waals surface area contributed by atoms with Crippen LogP contribution in [0.2, 0.25) is 0 Å². The van der Waals surface area contributed by atoms with Gasteiger partial charge in [-0.3, -0.25) is 4.79 Å². The summed E-state index contributed by atoms with van der Waals surface area (Å²) in [7, 11) is 0. The SMILES string of the molecule is CC(C)(C)c1ccc(CCC(N)C(=O)O)cc1. The van der Waals surface area contributed by atoms with Gasteiger partial charge in [-0.25, -0.2) is 0 Å². The molecule has 0 bridgehead atoms. The molecule has 94 valence electrons. The summed E-state index contributed by atoms with van der Waals surface area (Å²) >= 11 is 0. The Hall–Kier alpha value is -1.35. The second kappa shape index (κ2) is 5.32. The summed E-state index contributed by atoms with van der Waals surface area (Å²) in [5, 5.41) is 8.69. The number of aliphatic carboxylic acids is 1. The topological polar surface area (TPSA) is 63.3 Å². The molecule has 1 aromatic rings. The highest BCUT2D eigenvalue weighted by molar-refractivity contribution is 5.73. The van der Waals surface area contributed by atoms with Gasteiger partial charge >= 0.3 is 5.97 Å². The maximum atomic E-state index is 10.6. The van der Waals surface area contributed by atoms with Gasteiger partial charge in [-0.15, -0.1) is 0 Å². The Kier molecular flexibility index (Phi) is 4.29. The lowest BCUT2D eigenvalue weighted by Crippen LogP contribution is -2.30. The molecule has 0 fully saturated rings. The largest absolute Gasteiger partial charge is 0.480 e. The third-order valence-corrected chi connectivity index (χ3v) is 2.88. The summed E-state index contributed by atoms with van der Waals surface area (Å²) in [6.07, 6.45) is 1.18. The first-order valence-corrected chi connectivity index (χ1v) is 5.88. The van der Waals surface area contributed by atoms with Gasteiger partial charge in [-0.2, -0.15) is 0 Å². The van der Waals surface area contributed by atoms with Crippen molar-refractivity contribution in [3.63, 3.8) is 0 Å². The van der Waals surface area contributed by atoms with Gasteiger partial charge in [-0.05, 0) is 29.4 Å². The van der Waals surface area contributed by atoms with Gasteiger partial charge in [0.25, 0.3) is 0 Å². The fourth-order valence-corrected chi connectivity index (χ4v) is 1.62. The van der Waals surface area contributed by atoms with Crippen LogP contribution in [0, 0.1) is 0 Å². The number of rotatable bonds is 4. The van der Waals surface area contributed by atoms with Gasteiger partial charge in [0.15, 0.2) is 0 Å². The Morgan fingerprint density at radius 2 is 1.82 bits per heavy atom. The number of benzene rings is 1. The van der Waals surface area contributed by atoms with Gasteiger partial charge in [0.1, 0.15) is 6.04 Å². The molecule has 3 nitrogen and oxygen atoms in total. The van der Waals surface area contributed by atoms with Crippen LogP contribution in [-0.4, -0.2) is 17.1 Å². The molecule has 3 heteroatoms. The predicted octanol–water partition coefficient (Wildman–Crippen LogP) is 2.33. The first kappa shape index (κ1) is 13.7. The Morgan fingerprint density at radius 1 is 1.29 bits per heavy atom. The van der Waals surface area contributed by atoms with Gasteiger partial charge < -0.3 is 10.8 Å². The second-order valence-electron chi connectivity index (χ2n) is 5.43. The molecule has 1 atom stereocenters. The van der Waals surface area contributed by atoms with Crippen molar-refractivity contribution in [2.75, 3.05) is 0 Å². The Bertz CT molecular complexity index is 376. The highest BCUT2D eigenvalue weighted by Crippen LogP contribution is 2.22. The van der Waals surface area contributed by atoms with E-state index in [1.54, 1.807) is 0 Å². The summed E-state index contributed by atoms with van der Waals surface area (Å²) in [5.74, 6) is -0.934. The summed E-state index contributed by atoms with van der Waals surface area (Å²) in [6.45, 7) is 6.51. The first-order chi connectivity index (χ1) is 7.80. The molecular weight excluding hydrogens is 214 g/mol. The Balaban J connectivity index is 2.60. The van der Waals surface area contributed by atoms with Crippen LogP contribution >= 0.6 is 0 Å². The predicted molar refractivity (Wildman–Crippen MR) is 69.1 cm³/mol. The zero-order valence-corrected chi connectivity index (χ0v) is 10.7. The fourth-order valence-electron chi connectivity index (χ4n) is 1.62. The molecule has 3 N–H and O–H groups in total. The number of aryl methyl sites for hydroxylation is 1. The maximum Gasteiger partial charge on any atom is 0.320 e. The highest BCUT2D eigenvalue weighted by Gasteiger charge is 2.14. The lowest BCUT2D eigenvalue weighted by Gasteiger charge is -2.19. The van der Waals surface area contributed by atoms with Crippen molar-refractivity contribution in [2.45, 2.75) is 45.1 Å². The minimum Gasteiger partial charge on any atom is -0.480 e. The molecular formula is C14H21NO2. The summed E-state index contributed by atoms with van der Waals surface area (Å²) in [6, 6.07) is 7.53. The molecule has 0 heterocycles. The van der Waals surface area contributed by atoms with E-state index in [0.29, 0.717) is 12.8 Å². The van der Waals surface area contributed by atoms with Crippen molar-refractivity contribution in [1.82, 2.24) is 0 Å². The third-order valence-electron chi connectivity index (χ3n) is 2.88. The average Bonchev–Trinajstić information content (AvgIpc) is 2.25. The van der Waals surface area contributed by atoms with E-state index in [1.165, 1.54) is 5.56 Å². The number of carboxylic acid groups (broad SMARTS) is 1. The van der Waals surface area contributed by atoms with Crippen LogP contribution in [0.25, 0.3) is 0 Å². The van der Waals surface area contributed by atoms with E-state index in [9.17, 15) is 4.79 Å². The molecule has 1 rings (SSSR count). The zero-order valence-electron chi connectivity index (χ0n) is 10.7. The Labute approximate surface area is 103 Å². The van der Waals surface area contributed by atoms with Crippen LogP contribution in [0.3, 0.4) is 0 Å². The van der Waals surface area contributed by atoms with Crippen LogP contribution < -0.4 is 5.73 Å². The van der Waals surface area contributed by atoms with E-state index >= 15 is 0 Å². The van der Waals surface area contributed by atoms with Gasteiger partial charge in [0.05, 0.1) is 0 Å². The molecule has 0 saturated heterocycles. The number of carboxylic acids is 1. The molecule has 1 unspecified atom stereocenters. The molecule has 1 aromatic carbocycles. The van der Waals surface area contributed by atoms with Gasteiger partial charge in [-0.1, -0.05) is 45.0 Å². The van der Waals surface area contributed by atoms with E-state index in [-0.39, 0.29) is 5.41 Å². The maximum absolute atomic E-state index is 10.6. The Morgan fingerprint density at radius 3 is 2.24 bits per heavy atom. The number of hydrogen-bond acceptors (Lipinski definition) is 2. The van der Waals surface area contributed by atoms with Crippen molar-refractivity contribution in [1.29, 1.82) is 0 Å². The summed E-state index contributed by atoms with van der Waals surface area (Å²) < 4.78 is 0. The summed E-state index contributed by atoms with van der Waals surface area (Å²) in [5.41, 5.74) is 8.03. The highest BCUT2D eigenvalue weighted by atomic mass is 16.4. The van der Waals surface area contributed by atoms with Crippen LogP contribution in [0.15, 0.2) is 24.3 Å². The molecule has 0 spiro atoms. The van der Waals surface area contributed by atoms with Crippen LogP contribution in [-0.2, 0) is 16.6 Å². The molecule has 0 radical (unpaired) electrons.